The summed E-state index contributed by atoms with van der Waals surface area (Å²) in [6, 6.07) is 20.0. The van der Waals surface area contributed by atoms with Crippen molar-refractivity contribution < 1.29 is 0 Å². The van der Waals surface area contributed by atoms with Gasteiger partial charge in [0.2, 0.25) is 0 Å². The van der Waals surface area contributed by atoms with Gasteiger partial charge in [-0.25, -0.2) is 0 Å². The quantitative estimate of drug-likeness (QED) is 0.816. The number of rotatable bonds is 5. The normalized spacial score (nSPS) is 17.6. The summed E-state index contributed by atoms with van der Waals surface area (Å²) in [4.78, 5) is 7.25. The highest BCUT2D eigenvalue weighted by atomic mass is 15.3. The van der Waals surface area contributed by atoms with E-state index in [1.165, 1.54) is 22.5 Å². The molecule has 0 aromatic heterocycles. The van der Waals surface area contributed by atoms with E-state index in [1.54, 1.807) is 0 Å². The zero-order valence-corrected chi connectivity index (χ0v) is 13.5. The minimum absolute atomic E-state index is 0.518. The molecule has 114 valence electrons. The molecular weight excluding hydrogens is 268 g/mol. The van der Waals surface area contributed by atoms with Gasteiger partial charge in [-0.15, -0.1) is 0 Å². The molecule has 1 aliphatic rings. The van der Waals surface area contributed by atoms with Crippen LogP contribution in [0.15, 0.2) is 59.6 Å². The minimum Gasteiger partial charge on any atom is -0.355 e. The van der Waals surface area contributed by atoms with Gasteiger partial charge in [-0.3, -0.25) is 4.99 Å². The van der Waals surface area contributed by atoms with E-state index in [4.69, 9.17) is 4.99 Å². The topological polar surface area (TPSA) is 15.6 Å². The molecule has 1 unspecified atom stereocenters. The number of hydrogen-bond donors (Lipinski definition) is 0. The molecule has 1 aliphatic heterocycles. The Morgan fingerprint density at radius 3 is 2.45 bits per heavy atom. The molecule has 0 fully saturated rings. The highest BCUT2D eigenvalue weighted by molar-refractivity contribution is 5.86. The standard InChI is InChI=1S/C20H24N2/c1-16-8-10-19(11-9-16)14-20-21-15-17(2)22(20)13-12-18-6-4-3-5-7-18/h3-11,17H,12-15H2,1-2H3. The average Bonchev–Trinajstić information content (AvgIpc) is 2.89. The first kappa shape index (κ1) is 14.8. The highest BCUT2D eigenvalue weighted by Gasteiger charge is 2.23. The summed E-state index contributed by atoms with van der Waals surface area (Å²) in [5.41, 5.74) is 4.06. The lowest BCUT2D eigenvalue weighted by atomic mass is 10.1. The van der Waals surface area contributed by atoms with Crippen molar-refractivity contribution in [2.75, 3.05) is 13.1 Å². The van der Waals surface area contributed by atoms with Crippen LogP contribution in [0.25, 0.3) is 0 Å². The summed E-state index contributed by atoms with van der Waals surface area (Å²) < 4.78 is 0. The molecule has 1 atom stereocenters. The molecule has 0 spiro atoms. The van der Waals surface area contributed by atoms with Crippen molar-refractivity contribution >= 4 is 5.84 Å². The van der Waals surface area contributed by atoms with E-state index in [0.717, 1.165) is 25.9 Å². The van der Waals surface area contributed by atoms with E-state index in [9.17, 15) is 0 Å². The number of aliphatic imine (C=N–C) groups is 1. The fourth-order valence-corrected chi connectivity index (χ4v) is 2.97. The third-order valence-corrected chi connectivity index (χ3v) is 4.37. The molecule has 0 saturated heterocycles. The maximum absolute atomic E-state index is 4.77. The van der Waals surface area contributed by atoms with Crippen LogP contribution < -0.4 is 0 Å². The summed E-state index contributed by atoms with van der Waals surface area (Å²) in [7, 11) is 0. The molecule has 0 N–H and O–H groups in total. The van der Waals surface area contributed by atoms with E-state index in [0.29, 0.717) is 6.04 Å². The smallest absolute Gasteiger partial charge is 0.104 e. The molecule has 2 aromatic rings. The summed E-state index contributed by atoms with van der Waals surface area (Å²) in [5, 5.41) is 0. The summed E-state index contributed by atoms with van der Waals surface area (Å²) in [6.45, 7) is 6.38. The summed E-state index contributed by atoms with van der Waals surface area (Å²) in [5.74, 6) is 1.24. The number of amidine groups is 1. The number of aryl methyl sites for hydroxylation is 1. The van der Waals surface area contributed by atoms with E-state index in [1.807, 2.05) is 0 Å². The van der Waals surface area contributed by atoms with Crippen molar-refractivity contribution in [1.29, 1.82) is 0 Å². The second-order valence-corrected chi connectivity index (χ2v) is 6.20. The lowest BCUT2D eigenvalue weighted by molar-refractivity contribution is 0.363. The van der Waals surface area contributed by atoms with Crippen LogP contribution in [-0.2, 0) is 12.8 Å². The third kappa shape index (κ3) is 3.56. The molecule has 0 saturated carbocycles. The molecule has 22 heavy (non-hydrogen) atoms. The van der Waals surface area contributed by atoms with E-state index >= 15 is 0 Å². The fourth-order valence-electron chi connectivity index (χ4n) is 2.97. The van der Waals surface area contributed by atoms with Gasteiger partial charge >= 0.3 is 0 Å². The lowest BCUT2D eigenvalue weighted by Gasteiger charge is -2.26. The number of benzene rings is 2. The van der Waals surface area contributed by atoms with Crippen LogP contribution in [0.5, 0.6) is 0 Å². The lowest BCUT2D eigenvalue weighted by Crippen LogP contribution is -2.37. The van der Waals surface area contributed by atoms with Crippen molar-refractivity contribution in [3.05, 3.63) is 71.3 Å². The Kier molecular flexibility index (Phi) is 4.57. The summed E-state index contributed by atoms with van der Waals surface area (Å²) >= 11 is 0. The number of nitrogens with zero attached hydrogens (tertiary/aromatic N) is 2. The van der Waals surface area contributed by atoms with Crippen molar-refractivity contribution in [3.63, 3.8) is 0 Å². The summed E-state index contributed by atoms with van der Waals surface area (Å²) in [6.07, 6.45) is 2.03. The SMILES string of the molecule is Cc1ccc(CC2=NCC(C)N2CCc2ccccc2)cc1. The monoisotopic (exact) mass is 292 g/mol. The Bertz CT molecular complexity index is 629. The van der Waals surface area contributed by atoms with Crippen LogP contribution in [0, 0.1) is 6.92 Å². The van der Waals surface area contributed by atoms with Gasteiger partial charge in [0.25, 0.3) is 0 Å². The molecule has 0 amide bonds. The Hall–Kier alpha value is -2.09. The molecule has 1 heterocycles. The number of hydrogen-bond acceptors (Lipinski definition) is 2. The van der Waals surface area contributed by atoms with E-state index in [2.05, 4.69) is 73.3 Å². The second kappa shape index (κ2) is 6.78. The van der Waals surface area contributed by atoms with Crippen LogP contribution in [0.1, 0.15) is 23.6 Å². The average molecular weight is 292 g/mol. The maximum atomic E-state index is 4.77. The molecule has 0 aliphatic carbocycles. The first-order valence-electron chi connectivity index (χ1n) is 8.12. The molecule has 3 rings (SSSR count). The van der Waals surface area contributed by atoms with Gasteiger partial charge in [0.15, 0.2) is 0 Å². The highest BCUT2D eigenvalue weighted by Crippen LogP contribution is 2.16. The van der Waals surface area contributed by atoms with Crippen LogP contribution in [0.3, 0.4) is 0 Å². The van der Waals surface area contributed by atoms with Gasteiger partial charge in [-0.1, -0.05) is 60.2 Å². The van der Waals surface area contributed by atoms with Crippen molar-refractivity contribution in [2.24, 2.45) is 4.99 Å². The van der Waals surface area contributed by atoms with Gasteiger partial charge in [-0.05, 0) is 31.4 Å². The Morgan fingerprint density at radius 1 is 1.00 bits per heavy atom. The van der Waals surface area contributed by atoms with Gasteiger partial charge in [0, 0.05) is 19.0 Å². The Balaban J connectivity index is 1.64. The molecule has 0 bridgehead atoms. The zero-order valence-electron chi connectivity index (χ0n) is 13.5. The minimum atomic E-state index is 0.518. The fraction of sp³-hybridized carbons (Fsp3) is 0.350. The zero-order chi connectivity index (χ0) is 15.4. The van der Waals surface area contributed by atoms with Crippen LogP contribution in [0.4, 0.5) is 0 Å². The first-order chi connectivity index (χ1) is 10.7. The second-order valence-electron chi connectivity index (χ2n) is 6.20. The van der Waals surface area contributed by atoms with E-state index in [-0.39, 0.29) is 0 Å². The van der Waals surface area contributed by atoms with Gasteiger partial charge in [0.1, 0.15) is 5.84 Å². The molecule has 2 nitrogen and oxygen atoms in total. The molecule has 2 aromatic carbocycles. The molecular formula is C20H24N2. The first-order valence-corrected chi connectivity index (χ1v) is 8.12. The van der Waals surface area contributed by atoms with Gasteiger partial charge < -0.3 is 4.90 Å². The molecule has 2 heteroatoms. The van der Waals surface area contributed by atoms with Gasteiger partial charge in [-0.2, -0.15) is 0 Å². The van der Waals surface area contributed by atoms with E-state index < -0.39 is 0 Å². The Morgan fingerprint density at radius 2 is 1.73 bits per heavy atom. The van der Waals surface area contributed by atoms with Crippen LogP contribution >= 0.6 is 0 Å². The largest absolute Gasteiger partial charge is 0.355 e. The predicted molar refractivity (Wildman–Crippen MR) is 93.5 cm³/mol. The van der Waals surface area contributed by atoms with Crippen molar-refractivity contribution in [3.8, 4) is 0 Å². The van der Waals surface area contributed by atoms with Crippen molar-refractivity contribution in [1.82, 2.24) is 4.90 Å². The van der Waals surface area contributed by atoms with Crippen LogP contribution in [-0.4, -0.2) is 29.9 Å². The van der Waals surface area contributed by atoms with Gasteiger partial charge in [0.05, 0.1) is 6.54 Å². The van der Waals surface area contributed by atoms with Crippen LogP contribution in [0.2, 0.25) is 0 Å². The Labute approximate surface area is 133 Å². The van der Waals surface area contributed by atoms with Crippen molar-refractivity contribution in [2.45, 2.75) is 32.7 Å². The third-order valence-electron chi connectivity index (χ3n) is 4.37. The predicted octanol–water partition coefficient (Wildman–Crippen LogP) is 3.88. The maximum Gasteiger partial charge on any atom is 0.104 e. The molecule has 0 radical (unpaired) electrons.